The molecular weight excluding hydrogens is 202 g/mol. The van der Waals surface area contributed by atoms with Crippen LogP contribution in [0.15, 0.2) is 22.6 Å². The molecule has 2 heterocycles. The number of nitrogens with two attached hydrogens (primary N) is 1. The maximum absolute atomic E-state index is 5.40. The zero-order valence-corrected chi connectivity index (χ0v) is 8.14. The standard InChI is InChI=1S/C6H7N7S/c1-13-6(10-11-12-13)14-5-3-8-4(7)2-9-5/h2-3H,1H3,(H2,7,8). The molecule has 0 saturated carbocycles. The molecule has 0 unspecified atom stereocenters. The van der Waals surface area contributed by atoms with Crippen LogP contribution in [0.4, 0.5) is 5.82 Å². The molecule has 2 aromatic heterocycles. The van der Waals surface area contributed by atoms with E-state index in [1.807, 2.05) is 0 Å². The van der Waals surface area contributed by atoms with Gasteiger partial charge in [0.15, 0.2) is 0 Å². The van der Waals surface area contributed by atoms with E-state index in [1.54, 1.807) is 17.9 Å². The van der Waals surface area contributed by atoms with E-state index in [0.717, 1.165) is 0 Å². The highest BCUT2D eigenvalue weighted by Crippen LogP contribution is 2.21. The molecule has 0 aromatic carbocycles. The number of aryl methyl sites for hydroxylation is 1. The lowest BCUT2D eigenvalue weighted by atomic mass is 10.7. The first-order valence-corrected chi connectivity index (χ1v) is 4.55. The highest BCUT2D eigenvalue weighted by atomic mass is 32.2. The molecule has 7 nitrogen and oxygen atoms in total. The van der Waals surface area contributed by atoms with Crippen LogP contribution in [0.25, 0.3) is 0 Å². The summed E-state index contributed by atoms with van der Waals surface area (Å²) in [6, 6.07) is 0. The van der Waals surface area contributed by atoms with Gasteiger partial charge in [-0.25, -0.2) is 14.6 Å². The number of rotatable bonds is 2. The van der Waals surface area contributed by atoms with Crippen molar-refractivity contribution >= 4 is 17.6 Å². The average molecular weight is 209 g/mol. The SMILES string of the molecule is Cn1nnnc1Sc1cnc(N)cn1. The third-order valence-corrected chi connectivity index (χ3v) is 2.37. The number of aromatic nitrogens is 6. The molecule has 8 heteroatoms. The maximum atomic E-state index is 5.40. The van der Waals surface area contributed by atoms with Crippen molar-refractivity contribution in [3.63, 3.8) is 0 Å². The molecule has 0 aliphatic heterocycles. The van der Waals surface area contributed by atoms with Crippen molar-refractivity contribution < 1.29 is 0 Å². The van der Waals surface area contributed by atoms with Crippen LogP contribution >= 0.6 is 11.8 Å². The second kappa shape index (κ2) is 3.58. The van der Waals surface area contributed by atoms with Gasteiger partial charge in [-0.1, -0.05) is 0 Å². The molecule has 0 atom stereocenters. The van der Waals surface area contributed by atoms with Gasteiger partial charge in [0.05, 0.1) is 12.4 Å². The smallest absolute Gasteiger partial charge is 0.215 e. The fourth-order valence-electron chi connectivity index (χ4n) is 0.780. The van der Waals surface area contributed by atoms with Crippen molar-refractivity contribution in [2.75, 3.05) is 5.73 Å². The monoisotopic (exact) mass is 209 g/mol. The number of nitrogens with zero attached hydrogens (tertiary/aromatic N) is 6. The van der Waals surface area contributed by atoms with E-state index in [0.29, 0.717) is 16.0 Å². The molecule has 0 bridgehead atoms. The summed E-state index contributed by atoms with van der Waals surface area (Å²) in [5.74, 6) is 0.394. The van der Waals surface area contributed by atoms with Crippen LogP contribution < -0.4 is 5.73 Å². The van der Waals surface area contributed by atoms with Gasteiger partial charge in [-0.2, -0.15) is 0 Å². The molecular formula is C6H7N7S. The van der Waals surface area contributed by atoms with E-state index in [1.165, 1.54) is 18.0 Å². The summed E-state index contributed by atoms with van der Waals surface area (Å²) in [5.41, 5.74) is 5.40. The van der Waals surface area contributed by atoms with Gasteiger partial charge < -0.3 is 5.73 Å². The maximum Gasteiger partial charge on any atom is 0.215 e. The van der Waals surface area contributed by atoms with Crippen LogP contribution in [-0.2, 0) is 7.05 Å². The van der Waals surface area contributed by atoms with Crippen molar-refractivity contribution in [2.45, 2.75) is 10.2 Å². The Morgan fingerprint density at radius 2 is 2.21 bits per heavy atom. The van der Waals surface area contributed by atoms with Gasteiger partial charge in [-0.15, -0.1) is 5.10 Å². The Bertz CT molecular complexity index is 422. The third-order valence-electron chi connectivity index (χ3n) is 1.43. The van der Waals surface area contributed by atoms with E-state index < -0.39 is 0 Å². The van der Waals surface area contributed by atoms with E-state index in [9.17, 15) is 0 Å². The minimum atomic E-state index is 0.394. The van der Waals surface area contributed by atoms with Crippen molar-refractivity contribution in [3.05, 3.63) is 12.4 Å². The van der Waals surface area contributed by atoms with Crippen LogP contribution in [-0.4, -0.2) is 30.2 Å². The zero-order valence-electron chi connectivity index (χ0n) is 7.32. The highest BCUT2D eigenvalue weighted by Gasteiger charge is 2.05. The van der Waals surface area contributed by atoms with Gasteiger partial charge in [-0.3, -0.25) is 0 Å². The average Bonchev–Trinajstić information content (AvgIpc) is 2.56. The lowest BCUT2D eigenvalue weighted by Gasteiger charge is -1.97. The summed E-state index contributed by atoms with van der Waals surface area (Å²) in [6.45, 7) is 0. The van der Waals surface area contributed by atoms with Gasteiger partial charge in [0.2, 0.25) is 5.16 Å². The van der Waals surface area contributed by atoms with Gasteiger partial charge in [0.1, 0.15) is 10.8 Å². The summed E-state index contributed by atoms with van der Waals surface area (Å²) in [4.78, 5) is 7.97. The van der Waals surface area contributed by atoms with Crippen molar-refractivity contribution in [3.8, 4) is 0 Å². The zero-order chi connectivity index (χ0) is 9.97. The van der Waals surface area contributed by atoms with E-state index >= 15 is 0 Å². The molecule has 0 aliphatic carbocycles. The normalized spacial score (nSPS) is 10.4. The van der Waals surface area contributed by atoms with Crippen LogP contribution in [0.2, 0.25) is 0 Å². The quantitative estimate of drug-likeness (QED) is 0.727. The molecule has 0 spiro atoms. The Kier molecular flexibility index (Phi) is 2.27. The van der Waals surface area contributed by atoms with Gasteiger partial charge in [-0.05, 0) is 22.2 Å². The summed E-state index contributed by atoms with van der Waals surface area (Å²) in [5, 5.41) is 12.4. The molecule has 2 aromatic rings. The molecule has 0 amide bonds. The van der Waals surface area contributed by atoms with Crippen LogP contribution in [0, 0.1) is 0 Å². The number of hydrogen-bond donors (Lipinski definition) is 1. The number of tetrazole rings is 1. The van der Waals surface area contributed by atoms with Crippen molar-refractivity contribution in [1.82, 2.24) is 30.2 Å². The molecule has 2 rings (SSSR count). The molecule has 0 fully saturated rings. The van der Waals surface area contributed by atoms with Crippen LogP contribution in [0.3, 0.4) is 0 Å². The Hall–Kier alpha value is -1.70. The van der Waals surface area contributed by atoms with Crippen LogP contribution in [0.5, 0.6) is 0 Å². The van der Waals surface area contributed by atoms with Crippen molar-refractivity contribution in [2.24, 2.45) is 7.05 Å². The predicted molar refractivity (Wildman–Crippen MR) is 49.4 cm³/mol. The fraction of sp³-hybridized carbons (Fsp3) is 0.167. The lowest BCUT2D eigenvalue weighted by molar-refractivity contribution is 0.664. The fourth-order valence-corrected chi connectivity index (χ4v) is 1.42. The third kappa shape index (κ3) is 1.79. The van der Waals surface area contributed by atoms with Gasteiger partial charge in [0, 0.05) is 7.05 Å². The van der Waals surface area contributed by atoms with Crippen LogP contribution in [0.1, 0.15) is 0 Å². The molecule has 2 N–H and O–H groups in total. The lowest BCUT2D eigenvalue weighted by Crippen LogP contribution is -1.95. The molecule has 0 radical (unpaired) electrons. The van der Waals surface area contributed by atoms with Gasteiger partial charge >= 0.3 is 0 Å². The van der Waals surface area contributed by atoms with Crippen molar-refractivity contribution in [1.29, 1.82) is 0 Å². The summed E-state index contributed by atoms with van der Waals surface area (Å²) < 4.78 is 1.56. The molecule has 0 aliphatic rings. The van der Waals surface area contributed by atoms with E-state index in [4.69, 9.17) is 5.73 Å². The molecule has 72 valence electrons. The largest absolute Gasteiger partial charge is 0.382 e. The Labute approximate surface area is 83.7 Å². The Morgan fingerprint density at radius 3 is 2.79 bits per heavy atom. The Balaban J connectivity index is 2.19. The second-order valence-electron chi connectivity index (χ2n) is 2.47. The summed E-state index contributed by atoms with van der Waals surface area (Å²) in [6.07, 6.45) is 3.07. The predicted octanol–water partition coefficient (Wildman–Crippen LogP) is -0.267. The molecule has 14 heavy (non-hydrogen) atoms. The minimum absolute atomic E-state index is 0.394. The highest BCUT2D eigenvalue weighted by molar-refractivity contribution is 7.99. The first kappa shape index (κ1) is 8.88. The second-order valence-corrected chi connectivity index (χ2v) is 3.45. The van der Waals surface area contributed by atoms with E-state index in [2.05, 4.69) is 25.5 Å². The summed E-state index contributed by atoms with van der Waals surface area (Å²) in [7, 11) is 1.76. The first-order chi connectivity index (χ1) is 6.75. The topological polar surface area (TPSA) is 95.4 Å². The van der Waals surface area contributed by atoms with Gasteiger partial charge in [0.25, 0.3) is 0 Å². The number of nitrogen functional groups attached to an aromatic ring is 1. The van der Waals surface area contributed by atoms with E-state index in [-0.39, 0.29) is 0 Å². The Morgan fingerprint density at radius 1 is 1.36 bits per heavy atom. The minimum Gasteiger partial charge on any atom is -0.382 e. The molecule has 0 saturated heterocycles. The number of anilines is 1. The first-order valence-electron chi connectivity index (χ1n) is 3.73. The number of hydrogen-bond acceptors (Lipinski definition) is 7. The summed E-state index contributed by atoms with van der Waals surface area (Å²) >= 11 is 1.33.